The highest BCUT2D eigenvalue weighted by Gasteiger charge is 2.17. The van der Waals surface area contributed by atoms with Gasteiger partial charge in [0.1, 0.15) is 5.76 Å². The summed E-state index contributed by atoms with van der Waals surface area (Å²) in [6, 6.07) is 5.65. The molecule has 1 N–H and O–H groups in total. The normalized spacial score (nSPS) is 12.7. The summed E-state index contributed by atoms with van der Waals surface area (Å²) in [4.78, 5) is 4.58. The lowest BCUT2D eigenvalue weighted by atomic mass is 10.2. The van der Waals surface area contributed by atoms with E-state index >= 15 is 0 Å². The van der Waals surface area contributed by atoms with Crippen LogP contribution in [0.2, 0.25) is 0 Å². The summed E-state index contributed by atoms with van der Waals surface area (Å²) in [5.41, 5.74) is 1.75. The van der Waals surface area contributed by atoms with Crippen molar-refractivity contribution in [2.45, 2.75) is 19.1 Å². The molecule has 0 atom stereocenters. The highest BCUT2D eigenvalue weighted by Crippen LogP contribution is 2.36. The molecule has 0 aliphatic carbocycles. The number of rotatable bonds is 8. The zero-order valence-corrected chi connectivity index (χ0v) is 14.9. The van der Waals surface area contributed by atoms with Gasteiger partial charge in [-0.3, -0.25) is 0 Å². The van der Waals surface area contributed by atoms with E-state index in [1.54, 1.807) is 11.8 Å². The maximum Gasteiger partial charge on any atom is 0.231 e. The molecular weight excluding hydrogens is 358 g/mol. The smallest absolute Gasteiger partial charge is 0.231 e. The van der Waals surface area contributed by atoms with Gasteiger partial charge in [-0.2, -0.15) is 0 Å². The van der Waals surface area contributed by atoms with Gasteiger partial charge in [-0.25, -0.2) is 10.1 Å². The lowest BCUT2D eigenvalue weighted by Crippen LogP contribution is -2.00. The van der Waals surface area contributed by atoms with Crippen LogP contribution in [0.15, 0.2) is 22.6 Å². The third-order valence-corrected chi connectivity index (χ3v) is 4.60. The predicted octanol–water partition coefficient (Wildman–Crippen LogP) is 2.34. The van der Waals surface area contributed by atoms with Crippen molar-refractivity contribution in [3.8, 4) is 23.0 Å². The average molecular weight is 375 g/mol. The molecule has 0 spiro atoms. The van der Waals surface area contributed by atoms with Gasteiger partial charge < -0.3 is 18.6 Å². The Morgan fingerprint density at radius 1 is 1.27 bits per heavy atom. The maximum atomic E-state index is 5.79. The second kappa shape index (κ2) is 7.75. The second-order valence-electron chi connectivity index (χ2n) is 5.56. The Bertz CT molecular complexity index is 868. The minimum absolute atomic E-state index is 0.247. The molecule has 0 fully saturated rings. The fourth-order valence-corrected chi connectivity index (χ4v) is 3.11. The predicted molar refractivity (Wildman–Crippen MR) is 92.8 cm³/mol. The van der Waals surface area contributed by atoms with E-state index in [2.05, 4.69) is 25.6 Å². The first-order chi connectivity index (χ1) is 12.8. The van der Waals surface area contributed by atoms with Crippen molar-refractivity contribution in [1.82, 2.24) is 25.6 Å². The van der Waals surface area contributed by atoms with Crippen LogP contribution in [0.5, 0.6) is 11.5 Å². The number of benzene rings is 1. The molecule has 0 bridgehead atoms. The molecule has 0 unspecified atom stereocenters. The van der Waals surface area contributed by atoms with Crippen molar-refractivity contribution < 1.29 is 18.6 Å². The SMILES string of the molecule is Cc1oc(-c2ccc3c(c2)OCO3)nc1CCOCSCc1nnn[nH]1. The molecule has 1 aliphatic rings. The van der Waals surface area contributed by atoms with E-state index in [4.69, 9.17) is 18.6 Å². The van der Waals surface area contributed by atoms with E-state index in [1.165, 1.54) is 0 Å². The molecule has 1 aromatic carbocycles. The van der Waals surface area contributed by atoms with Crippen LogP contribution in [0.25, 0.3) is 11.5 Å². The van der Waals surface area contributed by atoms with Crippen LogP contribution in [0.4, 0.5) is 0 Å². The van der Waals surface area contributed by atoms with E-state index in [-0.39, 0.29) is 6.79 Å². The first kappa shape index (κ1) is 16.9. The number of oxazole rings is 1. The zero-order valence-electron chi connectivity index (χ0n) is 14.1. The van der Waals surface area contributed by atoms with Gasteiger partial charge in [-0.1, -0.05) is 0 Å². The standard InChI is InChI=1S/C16H17N5O4S/c1-10-12(4-5-22-9-26-7-15-18-20-21-19-15)17-16(25-10)11-2-3-13-14(6-11)24-8-23-13/h2-3,6H,4-5,7-9H2,1H3,(H,18,19,20,21). The summed E-state index contributed by atoms with van der Waals surface area (Å²) < 4.78 is 22.1. The topological polar surface area (TPSA) is 108 Å². The molecule has 4 rings (SSSR count). The minimum Gasteiger partial charge on any atom is -0.454 e. The van der Waals surface area contributed by atoms with Gasteiger partial charge in [0.05, 0.1) is 24.0 Å². The maximum absolute atomic E-state index is 5.79. The fourth-order valence-electron chi connectivity index (χ4n) is 2.48. The van der Waals surface area contributed by atoms with Crippen LogP contribution >= 0.6 is 11.8 Å². The largest absolute Gasteiger partial charge is 0.454 e. The lowest BCUT2D eigenvalue weighted by molar-refractivity contribution is 0.174. The average Bonchev–Trinajstić information content (AvgIpc) is 3.38. The fraction of sp³-hybridized carbons (Fsp3) is 0.375. The quantitative estimate of drug-likeness (QED) is 0.469. The van der Waals surface area contributed by atoms with Crippen molar-refractivity contribution in [2.24, 2.45) is 0 Å². The first-order valence-electron chi connectivity index (χ1n) is 8.04. The number of aryl methyl sites for hydroxylation is 1. The Hall–Kier alpha value is -2.59. The number of fused-ring (bicyclic) bond motifs is 1. The highest BCUT2D eigenvalue weighted by atomic mass is 32.2. The Morgan fingerprint density at radius 3 is 3.08 bits per heavy atom. The number of aromatic nitrogens is 5. The number of H-pyrrole nitrogens is 1. The molecule has 0 radical (unpaired) electrons. The number of thioether (sulfide) groups is 1. The summed E-state index contributed by atoms with van der Waals surface area (Å²) in [5.74, 6) is 4.80. The number of hydrogen-bond acceptors (Lipinski definition) is 9. The van der Waals surface area contributed by atoms with Gasteiger partial charge in [-0.05, 0) is 35.5 Å². The molecule has 9 nitrogen and oxygen atoms in total. The molecule has 26 heavy (non-hydrogen) atoms. The van der Waals surface area contributed by atoms with Gasteiger partial charge in [-0.15, -0.1) is 16.9 Å². The zero-order chi connectivity index (χ0) is 17.8. The van der Waals surface area contributed by atoms with Crippen molar-refractivity contribution in [1.29, 1.82) is 0 Å². The molecule has 0 amide bonds. The number of nitrogens with zero attached hydrogens (tertiary/aromatic N) is 4. The third kappa shape index (κ3) is 3.81. The number of tetrazole rings is 1. The van der Waals surface area contributed by atoms with E-state index in [9.17, 15) is 0 Å². The molecule has 3 aromatic rings. The molecule has 1 aliphatic heterocycles. The van der Waals surface area contributed by atoms with Crippen LogP contribution in [0.1, 0.15) is 17.3 Å². The van der Waals surface area contributed by atoms with Gasteiger partial charge in [0, 0.05) is 12.0 Å². The third-order valence-electron chi connectivity index (χ3n) is 3.79. The van der Waals surface area contributed by atoms with Gasteiger partial charge in [0.15, 0.2) is 17.3 Å². The summed E-state index contributed by atoms with van der Waals surface area (Å²) >= 11 is 1.60. The highest BCUT2D eigenvalue weighted by molar-refractivity contribution is 7.98. The number of aromatic amines is 1. The molecule has 2 aromatic heterocycles. The Kier molecular flexibility index (Phi) is 5.02. The minimum atomic E-state index is 0.247. The molecule has 10 heteroatoms. The molecule has 136 valence electrons. The second-order valence-corrected chi connectivity index (χ2v) is 6.50. The Balaban J connectivity index is 1.28. The van der Waals surface area contributed by atoms with Crippen LogP contribution < -0.4 is 9.47 Å². The molecule has 0 saturated heterocycles. The Labute approximate surface area is 153 Å². The first-order valence-corrected chi connectivity index (χ1v) is 9.19. The summed E-state index contributed by atoms with van der Waals surface area (Å²) in [5, 5.41) is 13.6. The van der Waals surface area contributed by atoms with E-state index in [1.807, 2.05) is 25.1 Å². The van der Waals surface area contributed by atoms with Crippen molar-refractivity contribution in [2.75, 3.05) is 19.3 Å². The monoisotopic (exact) mass is 375 g/mol. The van der Waals surface area contributed by atoms with Crippen LogP contribution in [0, 0.1) is 6.92 Å². The van der Waals surface area contributed by atoms with Crippen molar-refractivity contribution in [3.05, 3.63) is 35.5 Å². The lowest BCUT2D eigenvalue weighted by Gasteiger charge is -2.01. The van der Waals surface area contributed by atoms with Crippen LogP contribution in [0.3, 0.4) is 0 Å². The summed E-state index contributed by atoms with van der Waals surface area (Å²) in [6.45, 7) is 2.72. The van der Waals surface area contributed by atoms with E-state index in [0.717, 1.165) is 28.6 Å². The van der Waals surface area contributed by atoms with Gasteiger partial charge in [0.2, 0.25) is 12.7 Å². The van der Waals surface area contributed by atoms with Gasteiger partial charge in [0.25, 0.3) is 0 Å². The number of ether oxygens (including phenoxy) is 3. The van der Waals surface area contributed by atoms with E-state index < -0.39 is 0 Å². The Morgan fingerprint density at radius 2 is 2.19 bits per heavy atom. The van der Waals surface area contributed by atoms with Crippen LogP contribution in [-0.4, -0.2) is 44.9 Å². The number of nitrogens with one attached hydrogen (secondary N) is 1. The molecule has 3 heterocycles. The van der Waals surface area contributed by atoms with Crippen molar-refractivity contribution >= 4 is 11.8 Å². The number of hydrogen-bond donors (Lipinski definition) is 1. The molecular formula is C16H17N5O4S. The van der Waals surface area contributed by atoms with Crippen molar-refractivity contribution in [3.63, 3.8) is 0 Å². The molecule has 0 saturated carbocycles. The summed E-state index contributed by atoms with van der Waals surface area (Å²) in [6.07, 6.45) is 0.685. The van der Waals surface area contributed by atoms with Crippen LogP contribution in [-0.2, 0) is 16.9 Å². The van der Waals surface area contributed by atoms with E-state index in [0.29, 0.717) is 36.4 Å². The summed E-state index contributed by atoms with van der Waals surface area (Å²) in [7, 11) is 0. The van der Waals surface area contributed by atoms with Gasteiger partial charge >= 0.3 is 0 Å².